The summed E-state index contributed by atoms with van der Waals surface area (Å²) in [6.45, 7) is 5.23. The zero-order valence-electron chi connectivity index (χ0n) is 13.3. The summed E-state index contributed by atoms with van der Waals surface area (Å²) in [4.78, 5) is 37.1. The Morgan fingerprint density at radius 2 is 2.09 bits per heavy atom. The minimum atomic E-state index is -1.13. The van der Waals surface area contributed by atoms with Crippen LogP contribution in [0.2, 0.25) is 0 Å². The number of hydrogen-bond acceptors (Lipinski definition) is 5. The van der Waals surface area contributed by atoms with Crippen LogP contribution in [0.25, 0.3) is 0 Å². The number of benzene rings is 1. The maximum atomic E-state index is 12.6. The van der Waals surface area contributed by atoms with Crippen molar-refractivity contribution in [1.82, 2.24) is 0 Å². The van der Waals surface area contributed by atoms with Crippen molar-refractivity contribution >= 4 is 35.2 Å². The van der Waals surface area contributed by atoms with E-state index in [4.69, 9.17) is 10.8 Å². The Kier molecular flexibility index (Phi) is 4.81. The second kappa shape index (κ2) is 6.33. The number of nitrogens with zero attached hydrogens (tertiary/aromatic N) is 1. The molecule has 0 bridgehead atoms. The monoisotopic (exact) mass is 336 g/mol. The molecule has 7 heteroatoms. The second-order valence-electron chi connectivity index (χ2n) is 6.14. The number of carbonyl (C=O) groups is 3. The summed E-state index contributed by atoms with van der Waals surface area (Å²) >= 11 is 1.14. The van der Waals surface area contributed by atoms with E-state index in [1.54, 1.807) is 32.0 Å². The van der Waals surface area contributed by atoms with Gasteiger partial charge >= 0.3 is 5.97 Å². The first-order valence-electron chi connectivity index (χ1n) is 7.23. The van der Waals surface area contributed by atoms with Gasteiger partial charge in [-0.15, -0.1) is 11.8 Å². The number of anilines is 1. The number of nitrogens with two attached hydrogens (primary N) is 1. The van der Waals surface area contributed by atoms with Gasteiger partial charge < -0.3 is 10.8 Å². The second-order valence-corrected chi connectivity index (χ2v) is 7.99. The zero-order valence-corrected chi connectivity index (χ0v) is 14.1. The van der Waals surface area contributed by atoms with Crippen LogP contribution in [0.1, 0.15) is 25.8 Å². The molecule has 2 atom stereocenters. The Balaban J connectivity index is 2.20. The van der Waals surface area contributed by atoms with Gasteiger partial charge in [0.05, 0.1) is 10.9 Å². The van der Waals surface area contributed by atoms with Crippen molar-refractivity contribution < 1.29 is 19.5 Å². The summed E-state index contributed by atoms with van der Waals surface area (Å²) < 4.78 is -0.866. The van der Waals surface area contributed by atoms with Crippen molar-refractivity contribution in [3.8, 4) is 0 Å². The van der Waals surface area contributed by atoms with E-state index in [0.29, 0.717) is 5.69 Å². The zero-order chi connectivity index (χ0) is 17.4. The first-order valence-corrected chi connectivity index (χ1v) is 8.11. The lowest BCUT2D eigenvalue weighted by molar-refractivity contribution is -0.139. The summed E-state index contributed by atoms with van der Waals surface area (Å²) in [5.74, 6) is -1.73. The van der Waals surface area contributed by atoms with Gasteiger partial charge in [-0.1, -0.05) is 12.1 Å². The molecule has 124 valence electrons. The Labute approximate surface area is 139 Å². The van der Waals surface area contributed by atoms with Crippen LogP contribution in [0.15, 0.2) is 24.3 Å². The molecular formula is C16H20N2O4S. The first kappa shape index (κ1) is 17.5. The molecule has 1 aliphatic heterocycles. The Morgan fingerprint density at radius 3 is 2.65 bits per heavy atom. The number of imide groups is 1. The lowest BCUT2D eigenvalue weighted by atomic mass is 10.1. The summed E-state index contributed by atoms with van der Waals surface area (Å²) in [5, 5.41) is 8.45. The fourth-order valence-electron chi connectivity index (χ4n) is 2.47. The Hall–Kier alpha value is -1.86. The lowest BCUT2D eigenvalue weighted by Gasteiger charge is -2.30. The summed E-state index contributed by atoms with van der Waals surface area (Å²) in [5.41, 5.74) is 7.18. The molecule has 2 rings (SSSR count). The van der Waals surface area contributed by atoms with Gasteiger partial charge in [0.1, 0.15) is 6.04 Å². The number of rotatable bonds is 5. The topological polar surface area (TPSA) is 101 Å². The minimum Gasteiger partial charge on any atom is -0.480 e. The summed E-state index contributed by atoms with van der Waals surface area (Å²) in [7, 11) is 0. The third-order valence-electron chi connectivity index (χ3n) is 3.83. The molecule has 0 aromatic heterocycles. The molecule has 2 unspecified atom stereocenters. The van der Waals surface area contributed by atoms with Crippen LogP contribution in [0.4, 0.5) is 5.69 Å². The van der Waals surface area contributed by atoms with Gasteiger partial charge in [0, 0.05) is 11.2 Å². The van der Waals surface area contributed by atoms with E-state index in [0.717, 1.165) is 17.3 Å². The number of amides is 2. The highest BCUT2D eigenvalue weighted by atomic mass is 32.2. The summed E-state index contributed by atoms with van der Waals surface area (Å²) in [6.07, 6.45) is 0.0488. The normalized spacial score (nSPS) is 20.0. The Bertz CT molecular complexity index is 659. The molecule has 3 N–H and O–H groups in total. The molecule has 1 saturated heterocycles. The number of aliphatic carboxylic acids is 1. The van der Waals surface area contributed by atoms with Gasteiger partial charge in [-0.2, -0.15) is 0 Å². The predicted molar refractivity (Wildman–Crippen MR) is 89.4 cm³/mol. The number of carboxylic acid groups (broad SMARTS) is 1. The fraction of sp³-hybridized carbons (Fsp3) is 0.438. The van der Waals surface area contributed by atoms with Gasteiger partial charge in [-0.3, -0.25) is 14.4 Å². The molecule has 1 aromatic rings. The van der Waals surface area contributed by atoms with E-state index in [9.17, 15) is 14.4 Å². The molecule has 2 amide bonds. The van der Waals surface area contributed by atoms with Crippen molar-refractivity contribution in [2.24, 2.45) is 5.73 Å². The highest BCUT2D eigenvalue weighted by Gasteiger charge is 2.45. The first-order chi connectivity index (χ1) is 10.6. The van der Waals surface area contributed by atoms with Crippen LogP contribution in [0.5, 0.6) is 0 Å². The molecule has 1 aromatic carbocycles. The third kappa shape index (κ3) is 3.56. The number of aryl methyl sites for hydroxylation is 1. The molecule has 0 radical (unpaired) electrons. The number of thioether (sulfide) groups is 1. The number of carboxylic acids is 1. The van der Waals surface area contributed by atoms with Crippen LogP contribution in [0, 0.1) is 6.92 Å². The highest BCUT2D eigenvalue weighted by Crippen LogP contribution is 2.38. The van der Waals surface area contributed by atoms with E-state index < -0.39 is 22.0 Å². The quantitative estimate of drug-likeness (QED) is 0.791. The van der Waals surface area contributed by atoms with Gasteiger partial charge in [0.15, 0.2) is 0 Å². The molecule has 6 nitrogen and oxygen atoms in total. The minimum absolute atomic E-state index is 0.0488. The standard InChI is InChI=1S/C16H20N2O4S/c1-9-5-4-6-10(7-9)18-12(19)8-11(14(18)20)23-16(2,3)13(17)15(21)22/h4-7,11,13H,8,17H2,1-3H3,(H,21,22). The third-order valence-corrected chi connectivity index (χ3v) is 5.34. The summed E-state index contributed by atoms with van der Waals surface area (Å²) in [6, 6.07) is 6.04. The predicted octanol–water partition coefficient (Wildman–Crippen LogP) is 1.55. The highest BCUT2D eigenvalue weighted by molar-refractivity contribution is 8.02. The Morgan fingerprint density at radius 1 is 1.43 bits per heavy atom. The van der Waals surface area contributed by atoms with Crippen molar-refractivity contribution in [1.29, 1.82) is 0 Å². The molecule has 1 heterocycles. The maximum absolute atomic E-state index is 12.6. The van der Waals surface area contributed by atoms with Crippen LogP contribution in [-0.4, -0.2) is 38.9 Å². The molecule has 0 saturated carbocycles. The van der Waals surface area contributed by atoms with Crippen LogP contribution in [0.3, 0.4) is 0 Å². The van der Waals surface area contributed by atoms with E-state index in [-0.39, 0.29) is 18.2 Å². The molecule has 1 aliphatic rings. The van der Waals surface area contributed by atoms with Gasteiger partial charge in [0.2, 0.25) is 11.8 Å². The molecule has 0 aliphatic carbocycles. The van der Waals surface area contributed by atoms with Crippen LogP contribution in [-0.2, 0) is 14.4 Å². The van der Waals surface area contributed by atoms with E-state index in [1.165, 1.54) is 4.90 Å². The smallest absolute Gasteiger partial charge is 0.321 e. The van der Waals surface area contributed by atoms with Crippen LogP contribution < -0.4 is 10.6 Å². The maximum Gasteiger partial charge on any atom is 0.321 e. The molecular weight excluding hydrogens is 316 g/mol. The fourth-order valence-corrected chi connectivity index (χ4v) is 3.88. The average Bonchev–Trinajstić information content (AvgIpc) is 2.71. The van der Waals surface area contributed by atoms with E-state index >= 15 is 0 Å². The average molecular weight is 336 g/mol. The molecule has 1 fully saturated rings. The van der Waals surface area contributed by atoms with Crippen molar-refractivity contribution in [2.45, 2.75) is 43.2 Å². The van der Waals surface area contributed by atoms with Crippen molar-refractivity contribution in [3.05, 3.63) is 29.8 Å². The number of hydrogen-bond donors (Lipinski definition) is 2. The van der Waals surface area contributed by atoms with E-state index in [2.05, 4.69) is 0 Å². The van der Waals surface area contributed by atoms with Gasteiger partial charge in [0.25, 0.3) is 0 Å². The SMILES string of the molecule is Cc1cccc(N2C(=O)CC(SC(C)(C)C(N)C(=O)O)C2=O)c1. The molecule has 0 spiro atoms. The molecule has 23 heavy (non-hydrogen) atoms. The van der Waals surface area contributed by atoms with Crippen molar-refractivity contribution in [3.63, 3.8) is 0 Å². The largest absolute Gasteiger partial charge is 0.480 e. The lowest BCUT2D eigenvalue weighted by Crippen LogP contribution is -2.48. The van der Waals surface area contributed by atoms with Gasteiger partial charge in [-0.05, 0) is 38.5 Å². The number of carbonyl (C=O) groups excluding carboxylic acids is 2. The van der Waals surface area contributed by atoms with Crippen LogP contribution >= 0.6 is 11.8 Å². The van der Waals surface area contributed by atoms with Gasteiger partial charge in [-0.25, -0.2) is 4.90 Å². The van der Waals surface area contributed by atoms with E-state index in [1.807, 2.05) is 13.0 Å². The van der Waals surface area contributed by atoms with Crippen molar-refractivity contribution in [2.75, 3.05) is 4.90 Å².